The third-order valence-electron chi connectivity index (χ3n) is 5.27. The molecule has 5 heteroatoms. The van der Waals surface area contributed by atoms with E-state index in [0.29, 0.717) is 18.8 Å². The van der Waals surface area contributed by atoms with Crippen molar-refractivity contribution in [2.45, 2.75) is 63.6 Å². The molecule has 120 valence electrons. The molecule has 0 unspecified atom stereocenters. The number of aliphatic carboxylic acids is 1. The third-order valence-corrected chi connectivity index (χ3v) is 5.27. The normalized spacial score (nSPS) is 29.1. The SMILES string of the molecule is C[C@H](CC(=O)N1[C@@H]2CCCC[C@H]2C[C@H]1C(=O)O)n1cccc1. The number of carbonyl (C=O) groups is 2. The van der Waals surface area contributed by atoms with Crippen LogP contribution in [-0.4, -0.2) is 38.5 Å². The number of carbonyl (C=O) groups excluding carboxylic acids is 1. The van der Waals surface area contributed by atoms with E-state index in [0.717, 1.165) is 25.7 Å². The molecule has 1 saturated carbocycles. The average molecular weight is 304 g/mol. The van der Waals surface area contributed by atoms with Gasteiger partial charge in [-0.25, -0.2) is 4.79 Å². The number of hydrogen-bond acceptors (Lipinski definition) is 2. The third kappa shape index (κ3) is 2.76. The van der Waals surface area contributed by atoms with Crippen molar-refractivity contribution in [2.24, 2.45) is 5.92 Å². The average Bonchev–Trinajstić information content (AvgIpc) is 3.14. The maximum absolute atomic E-state index is 12.8. The molecule has 5 nitrogen and oxygen atoms in total. The number of fused-ring (bicyclic) bond motifs is 1. The van der Waals surface area contributed by atoms with Gasteiger partial charge in [-0.2, -0.15) is 0 Å². The first-order valence-electron chi connectivity index (χ1n) is 8.24. The molecule has 1 N–H and O–H groups in total. The molecule has 1 saturated heterocycles. The fraction of sp³-hybridized carbons (Fsp3) is 0.647. The van der Waals surface area contributed by atoms with Crippen LogP contribution in [0.5, 0.6) is 0 Å². The Labute approximate surface area is 130 Å². The predicted molar refractivity (Wildman–Crippen MR) is 82.4 cm³/mol. The number of amides is 1. The van der Waals surface area contributed by atoms with Crippen LogP contribution in [0.15, 0.2) is 24.5 Å². The molecule has 0 spiro atoms. The molecule has 1 aliphatic heterocycles. The summed E-state index contributed by atoms with van der Waals surface area (Å²) in [7, 11) is 0. The molecule has 3 rings (SSSR count). The van der Waals surface area contributed by atoms with Gasteiger partial charge in [0.15, 0.2) is 0 Å². The van der Waals surface area contributed by atoms with Crippen LogP contribution < -0.4 is 0 Å². The van der Waals surface area contributed by atoms with E-state index in [1.807, 2.05) is 36.0 Å². The fourth-order valence-corrected chi connectivity index (χ4v) is 4.14. The Balaban J connectivity index is 1.74. The van der Waals surface area contributed by atoms with Gasteiger partial charge in [-0.3, -0.25) is 4.79 Å². The highest BCUT2D eigenvalue weighted by atomic mass is 16.4. The number of carboxylic acids is 1. The molecule has 2 heterocycles. The molecule has 1 amide bonds. The number of rotatable bonds is 4. The molecule has 1 aromatic rings. The Morgan fingerprint density at radius 2 is 1.91 bits per heavy atom. The van der Waals surface area contributed by atoms with Gasteiger partial charge in [0.1, 0.15) is 6.04 Å². The summed E-state index contributed by atoms with van der Waals surface area (Å²) in [6.45, 7) is 2.00. The number of hydrogen-bond donors (Lipinski definition) is 1. The van der Waals surface area contributed by atoms with Crippen molar-refractivity contribution in [1.82, 2.24) is 9.47 Å². The summed E-state index contributed by atoms with van der Waals surface area (Å²) in [5, 5.41) is 9.50. The fourth-order valence-electron chi connectivity index (χ4n) is 4.14. The van der Waals surface area contributed by atoms with Crippen LogP contribution in [0.1, 0.15) is 51.5 Å². The van der Waals surface area contributed by atoms with Crippen molar-refractivity contribution in [2.75, 3.05) is 0 Å². The first kappa shape index (κ1) is 15.1. The lowest BCUT2D eigenvalue weighted by atomic mass is 9.84. The summed E-state index contributed by atoms with van der Waals surface area (Å²) in [4.78, 5) is 26.0. The van der Waals surface area contributed by atoms with Gasteiger partial charge in [-0.15, -0.1) is 0 Å². The predicted octanol–water partition coefficient (Wildman–Crippen LogP) is 2.68. The molecular weight excluding hydrogens is 280 g/mol. The zero-order valence-electron chi connectivity index (χ0n) is 13.0. The van der Waals surface area contributed by atoms with E-state index in [2.05, 4.69) is 0 Å². The van der Waals surface area contributed by atoms with E-state index in [9.17, 15) is 14.7 Å². The van der Waals surface area contributed by atoms with Crippen molar-refractivity contribution in [3.63, 3.8) is 0 Å². The first-order valence-corrected chi connectivity index (χ1v) is 8.24. The van der Waals surface area contributed by atoms with Gasteiger partial charge in [0.2, 0.25) is 5.91 Å². The molecule has 4 atom stereocenters. The molecule has 0 bridgehead atoms. The van der Waals surface area contributed by atoms with Crippen molar-refractivity contribution in [1.29, 1.82) is 0 Å². The smallest absolute Gasteiger partial charge is 0.326 e. The van der Waals surface area contributed by atoms with Gasteiger partial charge in [0.25, 0.3) is 0 Å². The quantitative estimate of drug-likeness (QED) is 0.930. The Kier molecular flexibility index (Phi) is 4.23. The van der Waals surface area contributed by atoms with Crippen LogP contribution in [0.2, 0.25) is 0 Å². The summed E-state index contributed by atoms with van der Waals surface area (Å²) in [6, 6.07) is 3.44. The number of carboxylic acid groups (broad SMARTS) is 1. The molecular formula is C17H24N2O3. The Morgan fingerprint density at radius 3 is 2.59 bits per heavy atom. The molecule has 22 heavy (non-hydrogen) atoms. The van der Waals surface area contributed by atoms with E-state index in [-0.39, 0.29) is 18.0 Å². The largest absolute Gasteiger partial charge is 0.480 e. The van der Waals surface area contributed by atoms with Crippen molar-refractivity contribution in [3.8, 4) is 0 Å². The zero-order chi connectivity index (χ0) is 15.7. The van der Waals surface area contributed by atoms with E-state index in [1.165, 1.54) is 0 Å². The maximum Gasteiger partial charge on any atom is 0.326 e. The van der Waals surface area contributed by atoms with Gasteiger partial charge in [0, 0.05) is 30.9 Å². The summed E-state index contributed by atoms with van der Waals surface area (Å²) in [5.74, 6) is -0.486. The number of likely N-dealkylation sites (tertiary alicyclic amines) is 1. The zero-order valence-corrected chi connectivity index (χ0v) is 13.0. The van der Waals surface area contributed by atoms with Crippen LogP contribution in [0.4, 0.5) is 0 Å². The van der Waals surface area contributed by atoms with Crippen LogP contribution in [0.3, 0.4) is 0 Å². The topological polar surface area (TPSA) is 62.5 Å². The van der Waals surface area contributed by atoms with Crippen LogP contribution >= 0.6 is 0 Å². The van der Waals surface area contributed by atoms with Gasteiger partial charge in [-0.1, -0.05) is 12.8 Å². The van der Waals surface area contributed by atoms with Crippen LogP contribution in [-0.2, 0) is 9.59 Å². The molecule has 2 aliphatic rings. The molecule has 2 fully saturated rings. The van der Waals surface area contributed by atoms with E-state index < -0.39 is 12.0 Å². The molecule has 1 aliphatic carbocycles. The lowest BCUT2D eigenvalue weighted by molar-refractivity contribution is -0.150. The second kappa shape index (κ2) is 6.15. The maximum atomic E-state index is 12.8. The van der Waals surface area contributed by atoms with E-state index in [4.69, 9.17) is 0 Å². The van der Waals surface area contributed by atoms with Gasteiger partial charge >= 0.3 is 5.97 Å². The summed E-state index contributed by atoms with van der Waals surface area (Å²) >= 11 is 0. The minimum Gasteiger partial charge on any atom is -0.480 e. The summed E-state index contributed by atoms with van der Waals surface area (Å²) < 4.78 is 2.00. The molecule has 1 aromatic heterocycles. The standard InChI is InChI=1S/C17H24N2O3/c1-12(18-8-4-5-9-18)10-16(20)19-14-7-3-2-6-13(14)11-15(19)17(21)22/h4-5,8-9,12-15H,2-3,6-7,10-11H2,1H3,(H,21,22)/t12-,13+,14-,15+/m1/s1. The molecule has 0 radical (unpaired) electrons. The monoisotopic (exact) mass is 304 g/mol. The Morgan fingerprint density at radius 1 is 1.23 bits per heavy atom. The highest BCUT2D eigenvalue weighted by Gasteiger charge is 2.47. The number of nitrogens with zero attached hydrogens (tertiary/aromatic N) is 2. The second-order valence-electron chi connectivity index (χ2n) is 6.69. The minimum atomic E-state index is -0.851. The summed E-state index contributed by atoms with van der Waals surface area (Å²) in [6.07, 6.45) is 9.16. The van der Waals surface area contributed by atoms with Crippen molar-refractivity contribution in [3.05, 3.63) is 24.5 Å². The minimum absolute atomic E-state index is 0.0111. The highest BCUT2D eigenvalue weighted by molar-refractivity contribution is 5.85. The highest BCUT2D eigenvalue weighted by Crippen LogP contribution is 2.40. The van der Waals surface area contributed by atoms with Crippen molar-refractivity contribution >= 4 is 11.9 Å². The van der Waals surface area contributed by atoms with Gasteiger partial charge < -0.3 is 14.6 Å². The molecule has 0 aromatic carbocycles. The second-order valence-corrected chi connectivity index (χ2v) is 6.69. The first-order chi connectivity index (χ1) is 10.6. The lowest BCUT2D eigenvalue weighted by Gasteiger charge is -2.33. The van der Waals surface area contributed by atoms with Gasteiger partial charge in [0.05, 0.1) is 0 Å². The van der Waals surface area contributed by atoms with Crippen LogP contribution in [0, 0.1) is 5.92 Å². The van der Waals surface area contributed by atoms with Gasteiger partial charge in [-0.05, 0) is 44.2 Å². The van der Waals surface area contributed by atoms with E-state index in [1.54, 1.807) is 4.90 Å². The summed E-state index contributed by atoms with van der Waals surface area (Å²) in [5.41, 5.74) is 0. The van der Waals surface area contributed by atoms with Crippen molar-refractivity contribution < 1.29 is 14.7 Å². The lowest BCUT2D eigenvalue weighted by Crippen LogP contribution is -2.46. The Hall–Kier alpha value is -1.78. The number of aromatic nitrogens is 1. The Bertz CT molecular complexity index is 540. The van der Waals surface area contributed by atoms with E-state index >= 15 is 0 Å². The van der Waals surface area contributed by atoms with Crippen LogP contribution in [0.25, 0.3) is 0 Å².